The number of furan rings is 2. The Hall–Kier alpha value is -2.65. The van der Waals surface area contributed by atoms with Crippen LogP contribution in [0.25, 0.3) is 22.9 Å². The van der Waals surface area contributed by atoms with Crippen LogP contribution >= 0.6 is 11.6 Å². The second-order valence-corrected chi connectivity index (χ2v) is 5.71. The van der Waals surface area contributed by atoms with Crippen LogP contribution in [0.2, 0.25) is 5.02 Å². The number of hydrogen-bond donors (Lipinski definition) is 0. The first kappa shape index (κ1) is 14.0. The Bertz CT molecular complexity index is 836. The van der Waals surface area contributed by atoms with Gasteiger partial charge in [0.15, 0.2) is 0 Å². The summed E-state index contributed by atoms with van der Waals surface area (Å²) in [5.41, 5.74) is 3.18. The van der Waals surface area contributed by atoms with Gasteiger partial charge in [0.25, 0.3) is 0 Å². The van der Waals surface area contributed by atoms with Gasteiger partial charge in [-0.25, -0.2) is 0 Å². The summed E-state index contributed by atoms with van der Waals surface area (Å²) in [6.07, 6.45) is 3.36. The van der Waals surface area contributed by atoms with Crippen molar-refractivity contribution in [2.45, 2.75) is 6.54 Å². The van der Waals surface area contributed by atoms with Crippen molar-refractivity contribution in [3.8, 4) is 22.9 Å². The first-order valence-electron chi connectivity index (χ1n) is 7.33. The standard InChI is InChI=1S/C19H14ClNO2/c20-15-7-5-14(6-8-15)13-21-16(18-3-1-11-22-18)9-10-17(21)19-4-2-12-23-19/h1-12H,13H2. The van der Waals surface area contributed by atoms with Gasteiger partial charge in [-0.15, -0.1) is 0 Å². The summed E-state index contributed by atoms with van der Waals surface area (Å²) >= 11 is 5.98. The lowest BCUT2D eigenvalue weighted by molar-refractivity contribution is 0.567. The lowest BCUT2D eigenvalue weighted by Gasteiger charge is -2.12. The van der Waals surface area contributed by atoms with E-state index in [2.05, 4.69) is 4.57 Å². The van der Waals surface area contributed by atoms with Gasteiger partial charge in [-0.1, -0.05) is 23.7 Å². The Morgan fingerprint density at radius 1 is 0.739 bits per heavy atom. The van der Waals surface area contributed by atoms with Crippen LogP contribution in [-0.4, -0.2) is 4.57 Å². The molecule has 0 saturated carbocycles. The van der Waals surface area contributed by atoms with E-state index in [0.717, 1.165) is 33.5 Å². The lowest BCUT2D eigenvalue weighted by Crippen LogP contribution is -2.03. The number of aromatic nitrogens is 1. The monoisotopic (exact) mass is 323 g/mol. The first-order valence-corrected chi connectivity index (χ1v) is 7.71. The van der Waals surface area contributed by atoms with E-state index in [1.54, 1.807) is 12.5 Å². The number of halogens is 1. The zero-order chi connectivity index (χ0) is 15.6. The van der Waals surface area contributed by atoms with Gasteiger partial charge in [0.05, 0.1) is 23.9 Å². The van der Waals surface area contributed by atoms with Crippen LogP contribution in [-0.2, 0) is 6.54 Å². The molecule has 4 rings (SSSR count). The Kier molecular flexibility index (Phi) is 3.56. The van der Waals surface area contributed by atoms with Crippen molar-refractivity contribution in [2.24, 2.45) is 0 Å². The highest BCUT2D eigenvalue weighted by molar-refractivity contribution is 6.30. The van der Waals surface area contributed by atoms with Crippen molar-refractivity contribution in [2.75, 3.05) is 0 Å². The molecule has 0 radical (unpaired) electrons. The van der Waals surface area contributed by atoms with Crippen molar-refractivity contribution in [3.63, 3.8) is 0 Å². The topological polar surface area (TPSA) is 31.2 Å². The number of nitrogens with zero attached hydrogens (tertiary/aromatic N) is 1. The molecule has 4 aromatic rings. The SMILES string of the molecule is Clc1ccc(Cn2c(-c3ccco3)ccc2-c2ccco2)cc1. The maximum atomic E-state index is 5.98. The van der Waals surface area contributed by atoms with E-state index in [0.29, 0.717) is 6.54 Å². The average molecular weight is 324 g/mol. The van der Waals surface area contributed by atoms with E-state index in [1.165, 1.54) is 0 Å². The van der Waals surface area contributed by atoms with Crippen LogP contribution in [0.1, 0.15) is 5.56 Å². The minimum Gasteiger partial charge on any atom is -0.463 e. The Balaban J connectivity index is 1.81. The zero-order valence-electron chi connectivity index (χ0n) is 12.3. The fourth-order valence-electron chi connectivity index (χ4n) is 2.69. The van der Waals surface area contributed by atoms with E-state index in [1.807, 2.05) is 60.7 Å². The molecular weight excluding hydrogens is 310 g/mol. The molecule has 23 heavy (non-hydrogen) atoms. The first-order chi connectivity index (χ1) is 11.3. The minimum absolute atomic E-state index is 0.705. The van der Waals surface area contributed by atoms with Crippen LogP contribution in [0, 0.1) is 0 Å². The average Bonchev–Trinajstić information content (AvgIpc) is 3.30. The predicted octanol–water partition coefficient (Wildman–Crippen LogP) is 5.71. The molecule has 0 bridgehead atoms. The van der Waals surface area contributed by atoms with Gasteiger partial charge >= 0.3 is 0 Å². The van der Waals surface area contributed by atoms with E-state index in [-0.39, 0.29) is 0 Å². The van der Waals surface area contributed by atoms with Gasteiger partial charge in [0, 0.05) is 11.6 Å². The predicted molar refractivity (Wildman–Crippen MR) is 90.4 cm³/mol. The molecule has 0 N–H and O–H groups in total. The van der Waals surface area contributed by atoms with Crippen LogP contribution in [0.15, 0.2) is 82.0 Å². The van der Waals surface area contributed by atoms with E-state index in [4.69, 9.17) is 20.4 Å². The lowest BCUT2D eigenvalue weighted by atomic mass is 10.2. The van der Waals surface area contributed by atoms with Crippen LogP contribution in [0.3, 0.4) is 0 Å². The van der Waals surface area contributed by atoms with E-state index in [9.17, 15) is 0 Å². The molecular formula is C19H14ClNO2. The van der Waals surface area contributed by atoms with Crippen molar-refractivity contribution >= 4 is 11.6 Å². The molecule has 4 heteroatoms. The van der Waals surface area contributed by atoms with Gasteiger partial charge in [-0.05, 0) is 54.1 Å². The molecule has 0 aliphatic heterocycles. The highest BCUT2D eigenvalue weighted by atomic mass is 35.5. The highest BCUT2D eigenvalue weighted by Crippen LogP contribution is 2.30. The summed E-state index contributed by atoms with van der Waals surface area (Å²) in [6, 6.07) is 19.7. The summed E-state index contributed by atoms with van der Waals surface area (Å²) in [5, 5.41) is 0.735. The van der Waals surface area contributed by atoms with Crippen molar-refractivity contribution in [1.82, 2.24) is 4.57 Å². The normalized spacial score (nSPS) is 11.0. The van der Waals surface area contributed by atoms with Gasteiger partial charge in [-0.2, -0.15) is 0 Å². The molecule has 3 heterocycles. The van der Waals surface area contributed by atoms with Gasteiger partial charge in [-0.3, -0.25) is 0 Å². The van der Waals surface area contributed by atoms with Gasteiger partial charge in [0.1, 0.15) is 11.5 Å². The van der Waals surface area contributed by atoms with Crippen molar-refractivity contribution in [3.05, 3.63) is 83.8 Å². The molecule has 0 amide bonds. The fourth-order valence-corrected chi connectivity index (χ4v) is 2.82. The minimum atomic E-state index is 0.705. The third kappa shape index (κ3) is 2.71. The largest absolute Gasteiger partial charge is 0.463 e. The highest BCUT2D eigenvalue weighted by Gasteiger charge is 2.15. The molecule has 0 saturated heterocycles. The summed E-state index contributed by atoms with van der Waals surface area (Å²) in [4.78, 5) is 0. The second kappa shape index (κ2) is 5.86. The third-order valence-corrected chi connectivity index (χ3v) is 4.03. The Morgan fingerprint density at radius 2 is 1.30 bits per heavy atom. The number of benzene rings is 1. The molecule has 0 aliphatic rings. The molecule has 3 aromatic heterocycles. The van der Waals surface area contributed by atoms with E-state index < -0.39 is 0 Å². The molecule has 0 aliphatic carbocycles. The Morgan fingerprint density at radius 3 is 1.78 bits per heavy atom. The van der Waals surface area contributed by atoms with Gasteiger partial charge in [0.2, 0.25) is 0 Å². The Labute approximate surface area is 138 Å². The maximum absolute atomic E-state index is 5.98. The number of rotatable bonds is 4. The fraction of sp³-hybridized carbons (Fsp3) is 0.0526. The smallest absolute Gasteiger partial charge is 0.150 e. The van der Waals surface area contributed by atoms with Crippen molar-refractivity contribution < 1.29 is 8.83 Å². The molecule has 0 unspecified atom stereocenters. The summed E-state index contributed by atoms with van der Waals surface area (Å²) in [6.45, 7) is 0.705. The molecule has 114 valence electrons. The third-order valence-electron chi connectivity index (χ3n) is 3.78. The molecule has 3 nitrogen and oxygen atoms in total. The summed E-state index contributed by atoms with van der Waals surface area (Å²) < 4.78 is 13.3. The van der Waals surface area contributed by atoms with Crippen LogP contribution < -0.4 is 0 Å². The summed E-state index contributed by atoms with van der Waals surface area (Å²) in [7, 11) is 0. The molecule has 0 atom stereocenters. The number of hydrogen-bond acceptors (Lipinski definition) is 2. The van der Waals surface area contributed by atoms with Gasteiger partial charge < -0.3 is 13.4 Å². The zero-order valence-corrected chi connectivity index (χ0v) is 13.0. The van der Waals surface area contributed by atoms with Crippen LogP contribution in [0.4, 0.5) is 0 Å². The molecule has 0 fully saturated rings. The molecule has 0 spiro atoms. The molecule has 1 aromatic carbocycles. The maximum Gasteiger partial charge on any atom is 0.150 e. The quantitative estimate of drug-likeness (QED) is 0.481. The van der Waals surface area contributed by atoms with E-state index >= 15 is 0 Å². The van der Waals surface area contributed by atoms with Crippen molar-refractivity contribution in [1.29, 1.82) is 0 Å². The summed E-state index contributed by atoms with van der Waals surface area (Å²) in [5.74, 6) is 1.66. The second-order valence-electron chi connectivity index (χ2n) is 5.27. The van der Waals surface area contributed by atoms with Crippen LogP contribution in [0.5, 0.6) is 0 Å².